The van der Waals surface area contributed by atoms with Crippen LogP contribution in [-0.4, -0.2) is 31.3 Å². The first-order chi connectivity index (χ1) is 15.5. The Labute approximate surface area is 198 Å². The van der Waals surface area contributed by atoms with Gasteiger partial charge in [0.15, 0.2) is 0 Å². The Morgan fingerprint density at radius 1 is 0.656 bits per heavy atom. The van der Waals surface area contributed by atoms with Crippen LogP contribution in [0.25, 0.3) is 0 Å². The van der Waals surface area contributed by atoms with Gasteiger partial charge in [0.1, 0.15) is 6.04 Å². The van der Waals surface area contributed by atoms with E-state index in [2.05, 4.69) is 12.2 Å². The number of carbonyl (C=O) groups is 2. The second-order valence-corrected chi connectivity index (χ2v) is 9.52. The van der Waals surface area contributed by atoms with Gasteiger partial charge in [0.2, 0.25) is 0 Å². The molecular formula is C27H53NO4. The van der Waals surface area contributed by atoms with Crippen molar-refractivity contribution in [3.63, 3.8) is 0 Å². The molecule has 0 aromatic carbocycles. The van der Waals surface area contributed by atoms with Crippen molar-refractivity contribution in [2.45, 2.75) is 143 Å². The van der Waals surface area contributed by atoms with Gasteiger partial charge in [0.25, 0.3) is 0 Å². The fourth-order valence-electron chi connectivity index (χ4n) is 3.92. The van der Waals surface area contributed by atoms with Crippen LogP contribution in [-0.2, 0) is 14.3 Å². The Kier molecular flexibility index (Phi) is 22.0. The van der Waals surface area contributed by atoms with E-state index in [-0.39, 0.29) is 18.5 Å². The Morgan fingerprint density at radius 3 is 1.50 bits per heavy atom. The zero-order valence-corrected chi connectivity index (χ0v) is 21.7. The molecule has 1 N–H and O–H groups in total. The Morgan fingerprint density at radius 2 is 1.09 bits per heavy atom. The zero-order chi connectivity index (χ0) is 23.9. The topological polar surface area (TPSA) is 64.6 Å². The summed E-state index contributed by atoms with van der Waals surface area (Å²) in [5.41, 5.74) is 0. The fraction of sp³-hybridized carbons (Fsp3) is 0.926. The standard InChI is InChI=1S/C27H53NO4/c1-5-7-8-9-10-11-12-13-14-15-16-17-18-19-20-21-22-32-26(29)25(23-24(3)4)28-27(30)31-6-2/h24-25H,5-23H2,1-4H3,(H,28,30). The Hall–Kier alpha value is -1.26. The number of amides is 1. The molecular weight excluding hydrogens is 402 g/mol. The second kappa shape index (κ2) is 22.9. The molecule has 5 nitrogen and oxygen atoms in total. The van der Waals surface area contributed by atoms with Gasteiger partial charge >= 0.3 is 12.1 Å². The third-order valence-electron chi connectivity index (χ3n) is 5.80. The molecule has 0 saturated heterocycles. The van der Waals surface area contributed by atoms with E-state index in [9.17, 15) is 9.59 Å². The van der Waals surface area contributed by atoms with E-state index in [0.717, 1.165) is 12.8 Å². The number of hydrogen-bond acceptors (Lipinski definition) is 4. The highest BCUT2D eigenvalue weighted by molar-refractivity contribution is 5.81. The van der Waals surface area contributed by atoms with Crippen molar-refractivity contribution < 1.29 is 19.1 Å². The minimum atomic E-state index is -0.630. The molecule has 5 heteroatoms. The summed E-state index contributed by atoms with van der Waals surface area (Å²) < 4.78 is 10.3. The number of alkyl carbamates (subject to hydrolysis) is 1. The number of hydrogen-bond donors (Lipinski definition) is 1. The summed E-state index contributed by atoms with van der Waals surface area (Å²) in [4.78, 5) is 23.9. The van der Waals surface area contributed by atoms with Crippen LogP contribution >= 0.6 is 0 Å². The first kappa shape index (κ1) is 30.7. The second-order valence-electron chi connectivity index (χ2n) is 9.52. The van der Waals surface area contributed by atoms with Crippen LogP contribution in [0.3, 0.4) is 0 Å². The van der Waals surface area contributed by atoms with E-state index in [1.54, 1.807) is 6.92 Å². The van der Waals surface area contributed by atoms with Gasteiger partial charge in [-0.2, -0.15) is 0 Å². The molecule has 190 valence electrons. The predicted octanol–water partition coefficient (Wildman–Crippen LogP) is 7.95. The summed E-state index contributed by atoms with van der Waals surface area (Å²) in [7, 11) is 0. The van der Waals surface area contributed by atoms with Crippen molar-refractivity contribution in [1.82, 2.24) is 5.32 Å². The number of esters is 1. The number of carbonyl (C=O) groups excluding carboxylic acids is 2. The van der Waals surface area contributed by atoms with Gasteiger partial charge < -0.3 is 14.8 Å². The average Bonchev–Trinajstić information content (AvgIpc) is 2.75. The van der Waals surface area contributed by atoms with Crippen molar-refractivity contribution in [3.05, 3.63) is 0 Å². The molecule has 0 aliphatic carbocycles. The van der Waals surface area contributed by atoms with Crippen LogP contribution in [0.1, 0.15) is 137 Å². The molecule has 0 spiro atoms. The first-order valence-corrected chi connectivity index (χ1v) is 13.6. The van der Waals surface area contributed by atoms with Crippen LogP contribution in [0.4, 0.5) is 4.79 Å². The van der Waals surface area contributed by atoms with Crippen molar-refractivity contribution in [2.24, 2.45) is 5.92 Å². The van der Waals surface area contributed by atoms with E-state index < -0.39 is 12.1 Å². The number of nitrogens with one attached hydrogen (secondary N) is 1. The lowest BCUT2D eigenvalue weighted by molar-refractivity contribution is -0.146. The van der Waals surface area contributed by atoms with Gasteiger partial charge in [-0.3, -0.25) is 0 Å². The summed E-state index contributed by atoms with van der Waals surface area (Å²) in [6.07, 6.45) is 21.1. The van der Waals surface area contributed by atoms with Crippen molar-refractivity contribution >= 4 is 12.1 Å². The van der Waals surface area contributed by atoms with Gasteiger partial charge in [-0.15, -0.1) is 0 Å². The SMILES string of the molecule is CCCCCCCCCCCCCCCCCCOC(=O)C(CC(C)C)NC(=O)OCC. The van der Waals surface area contributed by atoms with Crippen molar-refractivity contribution in [1.29, 1.82) is 0 Å². The summed E-state index contributed by atoms with van der Waals surface area (Å²) in [6.45, 7) is 8.76. The largest absolute Gasteiger partial charge is 0.464 e. The smallest absolute Gasteiger partial charge is 0.407 e. The molecule has 1 unspecified atom stereocenters. The van der Waals surface area contributed by atoms with Crippen LogP contribution in [0, 0.1) is 5.92 Å². The van der Waals surface area contributed by atoms with Gasteiger partial charge in [-0.25, -0.2) is 9.59 Å². The monoisotopic (exact) mass is 455 g/mol. The number of rotatable bonds is 22. The summed E-state index contributed by atoms with van der Waals surface area (Å²) in [5, 5.41) is 2.62. The number of unbranched alkanes of at least 4 members (excludes halogenated alkanes) is 15. The van der Waals surface area contributed by atoms with Crippen molar-refractivity contribution in [3.8, 4) is 0 Å². The first-order valence-electron chi connectivity index (χ1n) is 13.6. The van der Waals surface area contributed by atoms with Gasteiger partial charge in [-0.05, 0) is 25.7 Å². The molecule has 0 bridgehead atoms. The molecule has 32 heavy (non-hydrogen) atoms. The van der Waals surface area contributed by atoms with Gasteiger partial charge in [0.05, 0.1) is 13.2 Å². The maximum Gasteiger partial charge on any atom is 0.407 e. The van der Waals surface area contributed by atoms with Gasteiger partial charge in [0, 0.05) is 0 Å². The molecule has 0 fully saturated rings. The normalized spacial score (nSPS) is 12.0. The molecule has 0 radical (unpaired) electrons. The number of ether oxygens (including phenoxy) is 2. The molecule has 0 saturated carbocycles. The lowest BCUT2D eigenvalue weighted by Crippen LogP contribution is -2.43. The highest BCUT2D eigenvalue weighted by atomic mass is 16.6. The summed E-state index contributed by atoms with van der Waals surface area (Å²) in [5.74, 6) is -0.0715. The van der Waals surface area contributed by atoms with E-state index in [1.165, 1.54) is 89.9 Å². The summed E-state index contributed by atoms with van der Waals surface area (Å²) in [6, 6.07) is -0.630. The highest BCUT2D eigenvalue weighted by Crippen LogP contribution is 2.14. The van der Waals surface area contributed by atoms with Crippen LogP contribution < -0.4 is 5.32 Å². The quantitative estimate of drug-likeness (QED) is 0.133. The maximum absolute atomic E-state index is 12.3. The maximum atomic E-state index is 12.3. The molecule has 0 aromatic rings. The van der Waals surface area contributed by atoms with E-state index >= 15 is 0 Å². The predicted molar refractivity (Wildman–Crippen MR) is 134 cm³/mol. The Balaban J connectivity index is 3.55. The molecule has 0 heterocycles. The molecule has 0 aliphatic rings. The molecule has 0 aliphatic heterocycles. The lowest BCUT2D eigenvalue weighted by atomic mass is 10.0. The molecule has 0 aromatic heterocycles. The van der Waals surface area contributed by atoms with E-state index in [0.29, 0.717) is 13.0 Å². The van der Waals surface area contributed by atoms with Crippen molar-refractivity contribution in [2.75, 3.05) is 13.2 Å². The highest BCUT2D eigenvalue weighted by Gasteiger charge is 2.23. The fourth-order valence-corrected chi connectivity index (χ4v) is 3.92. The third kappa shape index (κ3) is 20.6. The minimum Gasteiger partial charge on any atom is -0.464 e. The minimum absolute atomic E-state index is 0.282. The lowest BCUT2D eigenvalue weighted by Gasteiger charge is -2.19. The molecule has 0 rings (SSSR count). The summed E-state index contributed by atoms with van der Waals surface area (Å²) >= 11 is 0. The van der Waals surface area contributed by atoms with Crippen LogP contribution in [0.2, 0.25) is 0 Å². The van der Waals surface area contributed by atoms with Crippen LogP contribution in [0.5, 0.6) is 0 Å². The third-order valence-corrected chi connectivity index (χ3v) is 5.80. The van der Waals surface area contributed by atoms with E-state index in [1.807, 2.05) is 13.8 Å². The molecule has 1 amide bonds. The average molecular weight is 456 g/mol. The zero-order valence-electron chi connectivity index (χ0n) is 21.7. The molecule has 1 atom stereocenters. The Bertz CT molecular complexity index is 439. The van der Waals surface area contributed by atoms with Crippen LogP contribution in [0.15, 0.2) is 0 Å². The van der Waals surface area contributed by atoms with E-state index in [4.69, 9.17) is 9.47 Å². The van der Waals surface area contributed by atoms with Gasteiger partial charge in [-0.1, -0.05) is 117 Å².